The quantitative estimate of drug-likeness (QED) is 0.852. The average molecular weight is 226 g/mol. The highest BCUT2D eigenvalue weighted by molar-refractivity contribution is 5.51. The molecule has 1 atom stereocenters. The van der Waals surface area contributed by atoms with Gasteiger partial charge in [-0.1, -0.05) is 0 Å². The lowest BCUT2D eigenvalue weighted by Gasteiger charge is -2.21. The number of likely N-dealkylation sites (N-methyl/N-ethyl adjacent to an activating group) is 1. The third-order valence-electron chi connectivity index (χ3n) is 2.13. The first-order valence-corrected chi connectivity index (χ1v) is 4.74. The summed E-state index contributed by atoms with van der Waals surface area (Å²) in [6.07, 6.45) is -0.650. The molecule has 1 aromatic carbocycles. The summed E-state index contributed by atoms with van der Waals surface area (Å²) in [7, 11) is 1.54. The summed E-state index contributed by atoms with van der Waals surface area (Å²) < 4.78 is 26.8. The Morgan fingerprint density at radius 2 is 2.06 bits per heavy atom. The van der Waals surface area contributed by atoms with Crippen LogP contribution in [0, 0.1) is 23.0 Å². The van der Waals surface area contributed by atoms with Gasteiger partial charge in [0, 0.05) is 13.6 Å². The summed E-state index contributed by atoms with van der Waals surface area (Å²) in [5.74, 6) is -2.22. The molecule has 86 valence electrons. The first-order chi connectivity index (χ1) is 7.47. The number of anilines is 1. The molecule has 1 unspecified atom stereocenters. The lowest BCUT2D eigenvalue weighted by atomic mass is 10.2. The third kappa shape index (κ3) is 2.47. The fraction of sp³-hybridized carbons (Fsp3) is 0.364. The van der Waals surface area contributed by atoms with Gasteiger partial charge in [-0.25, -0.2) is 8.78 Å². The van der Waals surface area contributed by atoms with E-state index in [2.05, 4.69) is 0 Å². The molecule has 0 saturated carbocycles. The molecule has 1 rings (SSSR count). The van der Waals surface area contributed by atoms with E-state index in [1.54, 1.807) is 13.0 Å². The Morgan fingerprint density at radius 3 is 2.56 bits per heavy atom. The van der Waals surface area contributed by atoms with Gasteiger partial charge >= 0.3 is 0 Å². The van der Waals surface area contributed by atoms with E-state index in [4.69, 9.17) is 10.4 Å². The Balaban J connectivity index is 3.08. The molecular formula is C11H12F2N2O. The van der Waals surface area contributed by atoms with Crippen molar-refractivity contribution in [3.05, 3.63) is 29.3 Å². The number of halogens is 2. The van der Waals surface area contributed by atoms with E-state index in [1.807, 2.05) is 0 Å². The van der Waals surface area contributed by atoms with E-state index in [9.17, 15) is 8.78 Å². The maximum absolute atomic E-state index is 13.5. The molecule has 1 aromatic rings. The predicted octanol–water partition coefficient (Wildman–Crippen LogP) is 1.65. The Hall–Kier alpha value is -1.67. The number of aliphatic hydroxyl groups is 1. The first-order valence-electron chi connectivity index (χ1n) is 4.74. The van der Waals surface area contributed by atoms with Gasteiger partial charge in [0.2, 0.25) is 0 Å². The van der Waals surface area contributed by atoms with Crippen molar-refractivity contribution in [1.82, 2.24) is 0 Å². The molecule has 1 N–H and O–H groups in total. The number of rotatable bonds is 3. The second-order valence-corrected chi connectivity index (χ2v) is 3.60. The lowest BCUT2D eigenvalue weighted by Crippen LogP contribution is -2.27. The van der Waals surface area contributed by atoms with Crippen molar-refractivity contribution in [2.24, 2.45) is 0 Å². The fourth-order valence-corrected chi connectivity index (χ4v) is 1.42. The van der Waals surface area contributed by atoms with Gasteiger partial charge in [-0.15, -0.1) is 0 Å². The van der Waals surface area contributed by atoms with E-state index in [0.29, 0.717) is 0 Å². The van der Waals surface area contributed by atoms with E-state index in [1.165, 1.54) is 24.1 Å². The zero-order valence-electron chi connectivity index (χ0n) is 9.04. The molecule has 0 aliphatic heterocycles. The van der Waals surface area contributed by atoms with Crippen molar-refractivity contribution in [3.8, 4) is 6.07 Å². The zero-order valence-corrected chi connectivity index (χ0v) is 9.04. The molecule has 0 fully saturated rings. The molecule has 5 heteroatoms. The molecule has 16 heavy (non-hydrogen) atoms. The highest BCUT2D eigenvalue weighted by atomic mass is 19.2. The maximum atomic E-state index is 13.5. The van der Waals surface area contributed by atoms with Gasteiger partial charge in [0.05, 0.1) is 17.4 Å². The highest BCUT2D eigenvalue weighted by Crippen LogP contribution is 2.23. The molecule has 3 nitrogen and oxygen atoms in total. The van der Waals surface area contributed by atoms with Crippen LogP contribution in [-0.4, -0.2) is 24.8 Å². The minimum Gasteiger partial charge on any atom is -0.392 e. The number of hydrogen-bond donors (Lipinski definition) is 1. The van der Waals surface area contributed by atoms with Gasteiger partial charge in [-0.3, -0.25) is 0 Å². The van der Waals surface area contributed by atoms with Crippen LogP contribution in [0.15, 0.2) is 12.1 Å². The minimum absolute atomic E-state index is 0.0254. The van der Waals surface area contributed by atoms with Crippen LogP contribution < -0.4 is 4.90 Å². The van der Waals surface area contributed by atoms with Crippen LogP contribution in [0.1, 0.15) is 12.5 Å². The van der Waals surface area contributed by atoms with Gasteiger partial charge < -0.3 is 10.0 Å². The average Bonchev–Trinajstić information content (AvgIpc) is 2.20. The summed E-state index contributed by atoms with van der Waals surface area (Å²) in [6.45, 7) is 1.73. The highest BCUT2D eigenvalue weighted by Gasteiger charge is 2.16. The zero-order chi connectivity index (χ0) is 12.3. The SMILES string of the molecule is CC(O)CN(C)c1ccc(C#N)c(F)c1F. The minimum atomic E-state index is -1.16. The Labute approximate surface area is 92.5 Å². The van der Waals surface area contributed by atoms with Crippen LogP contribution in [0.2, 0.25) is 0 Å². The van der Waals surface area contributed by atoms with Crippen LogP contribution in [0.5, 0.6) is 0 Å². The van der Waals surface area contributed by atoms with Crippen molar-refractivity contribution >= 4 is 5.69 Å². The van der Waals surface area contributed by atoms with E-state index in [-0.39, 0.29) is 17.8 Å². The molecule has 0 aliphatic carbocycles. The van der Waals surface area contributed by atoms with Crippen LogP contribution >= 0.6 is 0 Å². The monoisotopic (exact) mass is 226 g/mol. The molecular weight excluding hydrogens is 214 g/mol. The Bertz CT molecular complexity index is 427. The summed E-state index contributed by atoms with van der Waals surface area (Å²) in [5.41, 5.74) is -0.302. The smallest absolute Gasteiger partial charge is 0.183 e. The van der Waals surface area contributed by atoms with Gasteiger partial charge in [0.25, 0.3) is 0 Å². The summed E-state index contributed by atoms with van der Waals surface area (Å²) >= 11 is 0. The maximum Gasteiger partial charge on any atom is 0.183 e. The number of aliphatic hydroxyl groups excluding tert-OH is 1. The van der Waals surface area contributed by atoms with Crippen LogP contribution in [0.3, 0.4) is 0 Å². The molecule has 0 spiro atoms. The number of nitriles is 1. The molecule has 0 saturated heterocycles. The molecule has 0 bridgehead atoms. The normalized spacial score (nSPS) is 12.0. The number of benzene rings is 1. The predicted molar refractivity (Wildman–Crippen MR) is 56.0 cm³/mol. The Kier molecular flexibility index (Phi) is 3.80. The number of nitrogens with zero attached hydrogens (tertiary/aromatic N) is 2. The first kappa shape index (κ1) is 12.4. The largest absolute Gasteiger partial charge is 0.392 e. The van der Waals surface area contributed by atoms with Gasteiger partial charge in [0.15, 0.2) is 11.6 Å². The Morgan fingerprint density at radius 1 is 1.44 bits per heavy atom. The van der Waals surface area contributed by atoms with Crippen molar-refractivity contribution < 1.29 is 13.9 Å². The summed E-state index contributed by atoms with van der Waals surface area (Å²) in [6, 6.07) is 4.09. The van der Waals surface area contributed by atoms with Crippen molar-refractivity contribution in [2.75, 3.05) is 18.5 Å². The second kappa shape index (κ2) is 4.90. The molecule has 0 aromatic heterocycles. The standard InChI is InChI=1S/C11H12F2N2O/c1-7(16)6-15(2)9-4-3-8(5-14)10(12)11(9)13/h3-4,7,16H,6H2,1-2H3. The van der Waals surface area contributed by atoms with Crippen molar-refractivity contribution in [3.63, 3.8) is 0 Å². The van der Waals surface area contributed by atoms with Crippen LogP contribution in [0.4, 0.5) is 14.5 Å². The van der Waals surface area contributed by atoms with Crippen LogP contribution in [0.25, 0.3) is 0 Å². The molecule has 0 amide bonds. The van der Waals surface area contributed by atoms with E-state index >= 15 is 0 Å². The van der Waals surface area contributed by atoms with Crippen molar-refractivity contribution in [2.45, 2.75) is 13.0 Å². The fourth-order valence-electron chi connectivity index (χ4n) is 1.42. The molecule has 0 radical (unpaired) electrons. The lowest BCUT2D eigenvalue weighted by molar-refractivity contribution is 0.201. The third-order valence-corrected chi connectivity index (χ3v) is 2.13. The topological polar surface area (TPSA) is 47.3 Å². The van der Waals surface area contributed by atoms with Crippen molar-refractivity contribution in [1.29, 1.82) is 5.26 Å². The van der Waals surface area contributed by atoms with Gasteiger partial charge in [0.1, 0.15) is 6.07 Å². The summed E-state index contributed by atoms with van der Waals surface area (Å²) in [4.78, 5) is 1.39. The molecule has 0 heterocycles. The van der Waals surface area contributed by atoms with Crippen LogP contribution in [-0.2, 0) is 0 Å². The second-order valence-electron chi connectivity index (χ2n) is 3.60. The van der Waals surface area contributed by atoms with Gasteiger partial charge in [-0.2, -0.15) is 5.26 Å². The van der Waals surface area contributed by atoms with E-state index < -0.39 is 17.7 Å². The molecule has 0 aliphatic rings. The van der Waals surface area contributed by atoms with E-state index in [0.717, 1.165) is 0 Å². The number of hydrogen-bond acceptors (Lipinski definition) is 3. The van der Waals surface area contributed by atoms with Gasteiger partial charge in [-0.05, 0) is 19.1 Å². The summed E-state index contributed by atoms with van der Waals surface area (Å²) in [5, 5.41) is 17.6.